The van der Waals surface area contributed by atoms with Crippen LogP contribution in [0.25, 0.3) is 10.2 Å². The molecule has 7 heteroatoms. The first-order valence-corrected chi connectivity index (χ1v) is 11.1. The summed E-state index contributed by atoms with van der Waals surface area (Å²) in [7, 11) is 1.61. The van der Waals surface area contributed by atoms with Gasteiger partial charge in [0, 0.05) is 22.0 Å². The molecule has 1 N–H and O–H groups in total. The van der Waals surface area contributed by atoms with E-state index in [0.29, 0.717) is 11.4 Å². The SMILES string of the molecule is COc1cccc(NC(=O)C(Sc2ncnc3sc(C)c(C)c23)c2ccccc2)c1. The monoisotopic (exact) mass is 435 g/mol. The molecule has 0 saturated heterocycles. The number of carbonyl (C=O) groups excluding carboxylic acids is 1. The number of thioether (sulfide) groups is 1. The Hall–Kier alpha value is -2.90. The number of nitrogens with one attached hydrogen (secondary N) is 1. The molecule has 152 valence electrons. The van der Waals surface area contributed by atoms with Crippen LogP contribution >= 0.6 is 23.1 Å². The number of amides is 1. The molecule has 30 heavy (non-hydrogen) atoms. The quantitative estimate of drug-likeness (QED) is 0.307. The number of carbonyl (C=O) groups is 1. The summed E-state index contributed by atoms with van der Waals surface area (Å²) < 4.78 is 5.27. The smallest absolute Gasteiger partial charge is 0.242 e. The van der Waals surface area contributed by atoms with Crippen molar-refractivity contribution in [2.45, 2.75) is 24.1 Å². The van der Waals surface area contributed by atoms with Crippen LogP contribution in [0.15, 0.2) is 66.0 Å². The third-order valence-corrected chi connectivity index (χ3v) is 7.21. The Morgan fingerprint density at radius 2 is 1.90 bits per heavy atom. The van der Waals surface area contributed by atoms with Crippen molar-refractivity contribution in [1.82, 2.24) is 9.97 Å². The Morgan fingerprint density at radius 1 is 1.10 bits per heavy atom. The first-order chi connectivity index (χ1) is 14.6. The summed E-state index contributed by atoms with van der Waals surface area (Å²) in [5.41, 5.74) is 2.77. The number of ether oxygens (including phenoxy) is 1. The number of aromatic nitrogens is 2. The average Bonchev–Trinajstić information content (AvgIpc) is 3.07. The van der Waals surface area contributed by atoms with Crippen molar-refractivity contribution < 1.29 is 9.53 Å². The second-order valence-electron chi connectivity index (χ2n) is 6.77. The van der Waals surface area contributed by atoms with Gasteiger partial charge in [-0.05, 0) is 37.1 Å². The molecule has 2 aromatic carbocycles. The summed E-state index contributed by atoms with van der Waals surface area (Å²) in [6.45, 7) is 4.16. The van der Waals surface area contributed by atoms with Gasteiger partial charge < -0.3 is 10.1 Å². The number of hydrogen-bond acceptors (Lipinski definition) is 6. The van der Waals surface area contributed by atoms with Gasteiger partial charge in [-0.3, -0.25) is 4.79 Å². The van der Waals surface area contributed by atoms with Crippen LogP contribution in [-0.2, 0) is 4.79 Å². The highest BCUT2D eigenvalue weighted by Crippen LogP contribution is 2.41. The van der Waals surface area contributed by atoms with E-state index in [1.807, 2.05) is 48.5 Å². The summed E-state index contributed by atoms with van der Waals surface area (Å²) in [4.78, 5) is 24.4. The second-order valence-corrected chi connectivity index (χ2v) is 9.07. The fourth-order valence-electron chi connectivity index (χ4n) is 3.16. The van der Waals surface area contributed by atoms with Gasteiger partial charge in [0.2, 0.25) is 5.91 Å². The predicted molar refractivity (Wildman–Crippen MR) is 124 cm³/mol. The van der Waals surface area contributed by atoms with Crippen LogP contribution in [-0.4, -0.2) is 23.0 Å². The maximum atomic E-state index is 13.3. The zero-order valence-electron chi connectivity index (χ0n) is 16.9. The molecule has 2 heterocycles. The van der Waals surface area contributed by atoms with E-state index in [2.05, 4.69) is 29.1 Å². The lowest BCUT2D eigenvalue weighted by Crippen LogP contribution is -2.19. The van der Waals surface area contributed by atoms with Crippen LogP contribution in [0.5, 0.6) is 5.75 Å². The molecule has 0 aliphatic heterocycles. The van der Waals surface area contributed by atoms with Gasteiger partial charge in [-0.1, -0.05) is 48.2 Å². The number of fused-ring (bicyclic) bond motifs is 1. The lowest BCUT2D eigenvalue weighted by atomic mass is 10.1. The first-order valence-electron chi connectivity index (χ1n) is 9.44. The van der Waals surface area contributed by atoms with Gasteiger partial charge in [-0.2, -0.15) is 0 Å². The van der Waals surface area contributed by atoms with E-state index < -0.39 is 5.25 Å². The van der Waals surface area contributed by atoms with Gasteiger partial charge in [0.05, 0.1) is 7.11 Å². The minimum atomic E-state index is -0.463. The standard InChI is InChI=1S/C23H21N3O2S2/c1-14-15(2)29-22-19(14)23(25-13-24-22)30-20(16-8-5-4-6-9-16)21(27)26-17-10-7-11-18(12-17)28-3/h4-13,20H,1-3H3,(H,26,27). The summed E-state index contributed by atoms with van der Waals surface area (Å²) in [5, 5.41) is 4.40. The fourth-order valence-corrected chi connectivity index (χ4v) is 5.38. The molecule has 1 amide bonds. The number of rotatable bonds is 6. The van der Waals surface area contributed by atoms with Crippen LogP contribution in [0.3, 0.4) is 0 Å². The summed E-state index contributed by atoms with van der Waals surface area (Å²) in [5.74, 6) is 0.578. The van der Waals surface area contributed by atoms with E-state index in [0.717, 1.165) is 26.4 Å². The third kappa shape index (κ3) is 4.17. The highest BCUT2D eigenvalue weighted by Gasteiger charge is 2.25. The predicted octanol–water partition coefficient (Wildman–Crippen LogP) is 5.79. The summed E-state index contributed by atoms with van der Waals surface area (Å²) in [6.07, 6.45) is 1.57. The van der Waals surface area contributed by atoms with Crippen molar-refractivity contribution in [3.63, 3.8) is 0 Å². The molecule has 4 rings (SSSR count). The third-order valence-electron chi connectivity index (χ3n) is 4.84. The molecule has 0 aliphatic rings. The molecule has 0 radical (unpaired) electrons. The second kappa shape index (κ2) is 8.85. The highest BCUT2D eigenvalue weighted by atomic mass is 32.2. The molecule has 5 nitrogen and oxygen atoms in total. The molecule has 0 saturated carbocycles. The average molecular weight is 436 g/mol. The minimum absolute atomic E-state index is 0.115. The molecule has 0 aliphatic carbocycles. The molecule has 2 aromatic heterocycles. The van der Waals surface area contributed by atoms with Crippen molar-refractivity contribution in [1.29, 1.82) is 0 Å². The Kier molecular flexibility index (Phi) is 6.01. The number of aryl methyl sites for hydroxylation is 2. The Balaban J connectivity index is 1.70. The van der Waals surface area contributed by atoms with Crippen molar-refractivity contribution in [2.24, 2.45) is 0 Å². The largest absolute Gasteiger partial charge is 0.497 e. The van der Waals surface area contributed by atoms with E-state index in [1.165, 1.54) is 16.6 Å². The number of nitrogens with zero attached hydrogens (tertiary/aromatic N) is 2. The van der Waals surface area contributed by atoms with Crippen LogP contribution in [0.2, 0.25) is 0 Å². The summed E-state index contributed by atoms with van der Waals surface area (Å²) in [6, 6.07) is 17.1. The van der Waals surface area contributed by atoms with E-state index in [9.17, 15) is 4.79 Å². The van der Waals surface area contributed by atoms with Gasteiger partial charge in [-0.15, -0.1) is 11.3 Å². The van der Waals surface area contributed by atoms with Crippen LogP contribution in [0, 0.1) is 13.8 Å². The number of benzene rings is 2. The minimum Gasteiger partial charge on any atom is -0.497 e. The van der Waals surface area contributed by atoms with Gasteiger partial charge >= 0.3 is 0 Å². The van der Waals surface area contributed by atoms with Gasteiger partial charge in [0.25, 0.3) is 0 Å². The highest BCUT2D eigenvalue weighted by molar-refractivity contribution is 8.00. The molecular formula is C23H21N3O2S2. The van der Waals surface area contributed by atoms with E-state index in [-0.39, 0.29) is 5.91 Å². The Labute approximate surface area is 183 Å². The van der Waals surface area contributed by atoms with Crippen molar-refractivity contribution in [2.75, 3.05) is 12.4 Å². The van der Waals surface area contributed by atoms with Gasteiger partial charge in [0.1, 0.15) is 27.2 Å². The van der Waals surface area contributed by atoms with Gasteiger partial charge in [-0.25, -0.2) is 9.97 Å². The lowest BCUT2D eigenvalue weighted by Gasteiger charge is -2.17. The Bertz CT molecular complexity index is 1190. The zero-order valence-corrected chi connectivity index (χ0v) is 18.5. The normalized spacial score (nSPS) is 12.0. The van der Waals surface area contributed by atoms with E-state index in [1.54, 1.807) is 30.8 Å². The number of hydrogen-bond donors (Lipinski definition) is 1. The first kappa shape index (κ1) is 20.4. The van der Waals surface area contributed by atoms with Gasteiger partial charge in [0.15, 0.2) is 0 Å². The Morgan fingerprint density at radius 3 is 2.67 bits per heavy atom. The van der Waals surface area contributed by atoms with Crippen LogP contribution in [0.1, 0.15) is 21.3 Å². The summed E-state index contributed by atoms with van der Waals surface area (Å²) >= 11 is 3.10. The van der Waals surface area contributed by atoms with E-state index >= 15 is 0 Å². The number of thiophene rings is 1. The van der Waals surface area contributed by atoms with E-state index in [4.69, 9.17) is 4.74 Å². The topological polar surface area (TPSA) is 64.1 Å². The fraction of sp³-hybridized carbons (Fsp3) is 0.174. The number of methoxy groups -OCH3 is 1. The lowest BCUT2D eigenvalue weighted by molar-refractivity contribution is -0.115. The van der Waals surface area contributed by atoms with Crippen LogP contribution < -0.4 is 10.1 Å². The maximum absolute atomic E-state index is 13.3. The maximum Gasteiger partial charge on any atom is 0.242 e. The molecule has 0 spiro atoms. The van der Waals surface area contributed by atoms with Crippen molar-refractivity contribution >= 4 is 44.9 Å². The molecular weight excluding hydrogens is 414 g/mol. The molecule has 1 atom stereocenters. The zero-order chi connectivity index (χ0) is 21.1. The molecule has 0 bridgehead atoms. The van der Waals surface area contributed by atoms with Crippen molar-refractivity contribution in [3.05, 3.63) is 76.9 Å². The van der Waals surface area contributed by atoms with Crippen molar-refractivity contribution in [3.8, 4) is 5.75 Å². The molecule has 0 fully saturated rings. The molecule has 1 unspecified atom stereocenters. The number of anilines is 1. The molecule has 4 aromatic rings. The van der Waals surface area contributed by atoms with Crippen LogP contribution in [0.4, 0.5) is 5.69 Å².